The summed E-state index contributed by atoms with van der Waals surface area (Å²) < 4.78 is 16.4. The van der Waals surface area contributed by atoms with Crippen molar-refractivity contribution in [1.29, 1.82) is 0 Å². The number of nitrogens with one attached hydrogen (secondary N) is 1. The maximum absolute atomic E-state index is 11.3. The van der Waals surface area contributed by atoms with Crippen molar-refractivity contribution in [2.45, 2.75) is 25.9 Å². The Morgan fingerprint density at radius 3 is 2.48 bits per heavy atom. The standard InChI is InChI=1S/C23H30N4O4/c1-23(7-6-8-27(2)13-23)21(28)15-11-24-22-19(15)26-16(12-25-22)14-9-17(29-3)20(31-5)18(10-14)30-4/h9-12,21,28H,6-8,13H2,1-5H3,(H,24,25). The van der Waals surface area contributed by atoms with Crippen LogP contribution in [0.3, 0.4) is 0 Å². The first kappa shape index (κ1) is 21.4. The van der Waals surface area contributed by atoms with Crippen LogP contribution in [0.4, 0.5) is 0 Å². The summed E-state index contributed by atoms with van der Waals surface area (Å²) in [6.45, 7) is 4.03. The number of aliphatic hydroxyl groups is 1. The predicted molar refractivity (Wildman–Crippen MR) is 119 cm³/mol. The van der Waals surface area contributed by atoms with Crippen molar-refractivity contribution >= 4 is 11.2 Å². The Labute approximate surface area is 182 Å². The average Bonchev–Trinajstić information content (AvgIpc) is 3.20. The second kappa shape index (κ2) is 8.36. The highest BCUT2D eigenvalue weighted by Gasteiger charge is 2.38. The summed E-state index contributed by atoms with van der Waals surface area (Å²) >= 11 is 0. The molecule has 2 unspecified atom stereocenters. The predicted octanol–water partition coefficient (Wildman–Crippen LogP) is 3.42. The zero-order valence-electron chi connectivity index (χ0n) is 18.7. The van der Waals surface area contributed by atoms with Gasteiger partial charge >= 0.3 is 0 Å². The zero-order chi connectivity index (χ0) is 22.2. The summed E-state index contributed by atoms with van der Waals surface area (Å²) in [5.41, 5.74) is 3.30. The van der Waals surface area contributed by atoms with Gasteiger partial charge in [-0.3, -0.25) is 0 Å². The molecule has 31 heavy (non-hydrogen) atoms. The van der Waals surface area contributed by atoms with Gasteiger partial charge in [-0.15, -0.1) is 0 Å². The maximum Gasteiger partial charge on any atom is 0.203 e. The minimum atomic E-state index is -0.645. The number of aliphatic hydroxyl groups excluding tert-OH is 1. The molecule has 2 N–H and O–H groups in total. The van der Waals surface area contributed by atoms with E-state index in [1.165, 1.54) is 0 Å². The molecule has 4 rings (SSSR count). The van der Waals surface area contributed by atoms with Crippen molar-refractivity contribution in [3.05, 3.63) is 30.1 Å². The fraction of sp³-hybridized carbons (Fsp3) is 0.478. The highest BCUT2D eigenvalue weighted by molar-refractivity contribution is 5.79. The van der Waals surface area contributed by atoms with Crippen molar-refractivity contribution in [2.24, 2.45) is 5.41 Å². The summed E-state index contributed by atoms with van der Waals surface area (Å²) in [6, 6.07) is 3.69. The molecule has 1 aliphatic rings. The molecule has 1 aromatic carbocycles. The lowest BCUT2D eigenvalue weighted by Gasteiger charge is -2.41. The zero-order valence-corrected chi connectivity index (χ0v) is 18.7. The van der Waals surface area contributed by atoms with Crippen molar-refractivity contribution in [3.63, 3.8) is 0 Å². The number of hydrogen-bond donors (Lipinski definition) is 2. The number of nitrogens with zero attached hydrogens (tertiary/aromatic N) is 3. The Morgan fingerprint density at radius 2 is 1.87 bits per heavy atom. The highest BCUT2D eigenvalue weighted by atomic mass is 16.5. The molecule has 2 atom stereocenters. The number of benzene rings is 1. The summed E-state index contributed by atoms with van der Waals surface area (Å²) in [6.07, 6.45) is 4.91. The van der Waals surface area contributed by atoms with Gasteiger partial charge in [0.25, 0.3) is 0 Å². The lowest BCUT2D eigenvalue weighted by molar-refractivity contribution is -0.0138. The van der Waals surface area contributed by atoms with E-state index in [4.69, 9.17) is 19.2 Å². The number of fused-ring (bicyclic) bond motifs is 1. The molecule has 2 aromatic heterocycles. The number of hydrogen-bond acceptors (Lipinski definition) is 7. The molecule has 1 fully saturated rings. The first-order valence-corrected chi connectivity index (χ1v) is 10.4. The summed E-state index contributed by atoms with van der Waals surface area (Å²) in [7, 11) is 6.83. The number of aromatic nitrogens is 3. The number of H-pyrrole nitrogens is 1. The Morgan fingerprint density at radius 1 is 1.16 bits per heavy atom. The number of piperidine rings is 1. The van der Waals surface area contributed by atoms with E-state index in [1.807, 2.05) is 18.3 Å². The fourth-order valence-corrected chi connectivity index (χ4v) is 4.61. The SMILES string of the molecule is COc1cc(-c2cnc3[nH]cc(C(O)C4(C)CCCN(C)C4)c3n2)cc(OC)c1OC. The minimum absolute atomic E-state index is 0.244. The van der Waals surface area contributed by atoms with E-state index in [2.05, 4.69) is 28.8 Å². The fourth-order valence-electron chi connectivity index (χ4n) is 4.61. The van der Waals surface area contributed by atoms with Crippen LogP contribution in [0.25, 0.3) is 22.4 Å². The highest BCUT2D eigenvalue weighted by Crippen LogP contribution is 2.43. The molecule has 8 heteroatoms. The third-order valence-corrected chi connectivity index (χ3v) is 6.24. The van der Waals surface area contributed by atoms with Crippen LogP contribution in [-0.2, 0) is 0 Å². The van der Waals surface area contributed by atoms with E-state index in [0.29, 0.717) is 34.1 Å². The summed E-state index contributed by atoms with van der Waals surface area (Å²) in [5.74, 6) is 1.62. The number of likely N-dealkylation sites (tertiary alicyclic amines) is 1. The van der Waals surface area contributed by atoms with Gasteiger partial charge in [0.05, 0.1) is 39.3 Å². The van der Waals surface area contributed by atoms with E-state index in [1.54, 1.807) is 27.5 Å². The molecule has 0 amide bonds. The first-order chi connectivity index (χ1) is 14.9. The van der Waals surface area contributed by atoms with Crippen molar-refractivity contribution in [1.82, 2.24) is 19.9 Å². The number of aromatic amines is 1. The number of methoxy groups -OCH3 is 3. The van der Waals surface area contributed by atoms with Gasteiger partial charge in [0, 0.05) is 29.3 Å². The smallest absolute Gasteiger partial charge is 0.203 e. The molecular formula is C23H30N4O4. The molecule has 0 bridgehead atoms. The lowest BCUT2D eigenvalue weighted by Crippen LogP contribution is -2.42. The molecule has 3 aromatic rings. The van der Waals surface area contributed by atoms with Gasteiger partial charge in [-0.25, -0.2) is 9.97 Å². The molecule has 1 saturated heterocycles. The maximum atomic E-state index is 11.3. The van der Waals surface area contributed by atoms with Crippen molar-refractivity contribution < 1.29 is 19.3 Å². The average molecular weight is 427 g/mol. The third-order valence-electron chi connectivity index (χ3n) is 6.24. The minimum Gasteiger partial charge on any atom is -0.493 e. The normalized spacial score (nSPS) is 20.6. The van der Waals surface area contributed by atoms with Crippen LogP contribution < -0.4 is 14.2 Å². The monoisotopic (exact) mass is 426 g/mol. The van der Waals surface area contributed by atoms with E-state index < -0.39 is 6.10 Å². The van der Waals surface area contributed by atoms with Crippen LogP contribution in [-0.4, -0.2) is 66.4 Å². The topological polar surface area (TPSA) is 92.7 Å². The quantitative estimate of drug-likeness (QED) is 0.624. The van der Waals surface area contributed by atoms with Crippen LogP contribution in [0.15, 0.2) is 24.5 Å². The molecule has 0 aliphatic carbocycles. The van der Waals surface area contributed by atoms with E-state index >= 15 is 0 Å². The van der Waals surface area contributed by atoms with Crippen LogP contribution >= 0.6 is 0 Å². The van der Waals surface area contributed by atoms with E-state index in [0.717, 1.165) is 37.1 Å². The summed E-state index contributed by atoms with van der Waals surface area (Å²) in [4.78, 5) is 14.8. The Bertz CT molecular complexity index is 1060. The third kappa shape index (κ3) is 3.81. The van der Waals surface area contributed by atoms with E-state index in [9.17, 15) is 5.11 Å². The van der Waals surface area contributed by atoms with Gasteiger partial charge in [-0.2, -0.15) is 0 Å². The Hall–Kier alpha value is -2.84. The van der Waals surface area contributed by atoms with Gasteiger partial charge in [0.15, 0.2) is 17.1 Å². The van der Waals surface area contributed by atoms with Gasteiger partial charge in [0.1, 0.15) is 5.52 Å². The molecule has 1 aliphatic heterocycles. The molecule has 166 valence electrons. The van der Waals surface area contributed by atoms with Crippen molar-refractivity contribution in [2.75, 3.05) is 41.5 Å². The molecule has 3 heterocycles. The number of ether oxygens (including phenoxy) is 3. The molecule has 0 spiro atoms. The van der Waals surface area contributed by atoms with E-state index in [-0.39, 0.29) is 5.41 Å². The van der Waals surface area contributed by atoms with Gasteiger partial charge < -0.3 is 29.2 Å². The lowest BCUT2D eigenvalue weighted by atomic mass is 9.75. The van der Waals surface area contributed by atoms with Crippen LogP contribution in [0.1, 0.15) is 31.4 Å². The molecule has 0 saturated carbocycles. The Kier molecular flexibility index (Phi) is 5.77. The van der Waals surface area contributed by atoms with Crippen LogP contribution in [0.5, 0.6) is 17.2 Å². The second-order valence-electron chi connectivity index (χ2n) is 8.51. The van der Waals surface area contributed by atoms with Crippen LogP contribution in [0.2, 0.25) is 0 Å². The molecular weight excluding hydrogens is 396 g/mol. The summed E-state index contributed by atoms with van der Waals surface area (Å²) in [5, 5.41) is 11.3. The van der Waals surface area contributed by atoms with Crippen LogP contribution in [0, 0.1) is 5.41 Å². The van der Waals surface area contributed by atoms with Crippen molar-refractivity contribution in [3.8, 4) is 28.5 Å². The van der Waals surface area contributed by atoms with Gasteiger partial charge in [-0.05, 0) is 38.6 Å². The number of rotatable bonds is 6. The molecule has 8 nitrogen and oxygen atoms in total. The van der Waals surface area contributed by atoms with Gasteiger partial charge in [0.2, 0.25) is 5.75 Å². The first-order valence-electron chi connectivity index (χ1n) is 10.4. The second-order valence-corrected chi connectivity index (χ2v) is 8.51. The Balaban J connectivity index is 1.77. The molecule has 0 radical (unpaired) electrons. The van der Waals surface area contributed by atoms with Gasteiger partial charge in [-0.1, -0.05) is 6.92 Å². The largest absolute Gasteiger partial charge is 0.493 e.